The van der Waals surface area contributed by atoms with Gasteiger partial charge in [-0.2, -0.15) is 0 Å². The fraction of sp³-hybridized carbons (Fsp3) is 0.200. The zero-order chi connectivity index (χ0) is 12.8. The summed E-state index contributed by atoms with van der Waals surface area (Å²) in [5, 5.41) is 3.99. The molecule has 2 aromatic rings. The molecule has 1 N–H and O–H groups in total. The third kappa shape index (κ3) is 3.25. The first-order valence-corrected chi connectivity index (χ1v) is 6.40. The fourth-order valence-electron chi connectivity index (χ4n) is 1.67. The maximum Gasteiger partial charge on any atom is 0.133 e. The summed E-state index contributed by atoms with van der Waals surface area (Å²) in [6, 6.07) is 15.4. The van der Waals surface area contributed by atoms with Crippen molar-refractivity contribution in [3.8, 4) is 11.5 Å². The summed E-state index contributed by atoms with van der Waals surface area (Å²) in [5.41, 5.74) is 0.991. The molecule has 0 fully saturated rings. The van der Waals surface area contributed by atoms with Crippen LogP contribution in [0.3, 0.4) is 0 Å². The number of ether oxygens (including phenoxy) is 1. The Labute approximate surface area is 113 Å². The van der Waals surface area contributed by atoms with Crippen molar-refractivity contribution >= 4 is 11.6 Å². The first kappa shape index (κ1) is 12.9. The lowest BCUT2D eigenvalue weighted by Gasteiger charge is -2.12. The van der Waals surface area contributed by atoms with Gasteiger partial charge in [0.2, 0.25) is 0 Å². The quantitative estimate of drug-likeness (QED) is 0.869. The molecule has 3 heteroatoms. The standard InChI is InChI=1S/C15H16ClNO/c1-2-17-11-13-14(16)9-6-10-15(13)18-12-7-4-3-5-8-12/h3-10,17H,2,11H2,1H3. The Morgan fingerprint density at radius 3 is 2.56 bits per heavy atom. The minimum Gasteiger partial charge on any atom is -0.457 e. The van der Waals surface area contributed by atoms with Crippen LogP contribution >= 0.6 is 11.6 Å². The Balaban J connectivity index is 2.24. The Bertz CT molecular complexity index is 499. The largest absolute Gasteiger partial charge is 0.457 e. The summed E-state index contributed by atoms with van der Waals surface area (Å²) < 4.78 is 5.86. The van der Waals surface area contributed by atoms with Crippen LogP contribution in [0.1, 0.15) is 12.5 Å². The molecule has 0 aromatic heterocycles. The lowest BCUT2D eigenvalue weighted by atomic mass is 10.2. The molecule has 18 heavy (non-hydrogen) atoms. The van der Waals surface area contributed by atoms with Gasteiger partial charge in [0, 0.05) is 17.1 Å². The number of benzene rings is 2. The van der Waals surface area contributed by atoms with E-state index < -0.39 is 0 Å². The predicted molar refractivity (Wildman–Crippen MR) is 75.3 cm³/mol. The molecule has 0 saturated carbocycles. The van der Waals surface area contributed by atoms with Crippen LogP contribution in [0.2, 0.25) is 5.02 Å². The van der Waals surface area contributed by atoms with Crippen molar-refractivity contribution in [2.45, 2.75) is 13.5 Å². The van der Waals surface area contributed by atoms with Crippen LogP contribution in [0.25, 0.3) is 0 Å². The summed E-state index contributed by atoms with van der Waals surface area (Å²) in [5.74, 6) is 1.62. The van der Waals surface area contributed by atoms with Gasteiger partial charge in [0.15, 0.2) is 0 Å². The second kappa shape index (κ2) is 6.43. The second-order valence-corrected chi connectivity index (χ2v) is 4.32. The van der Waals surface area contributed by atoms with E-state index in [-0.39, 0.29) is 0 Å². The monoisotopic (exact) mass is 261 g/mol. The van der Waals surface area contributed by atoms with Gasteiger partial charge in [-0.05, 0) is 30.8 Å². The Kier molecular flexibility index (Phi) is 4.62. The number of para-hydroxylation sites is 1. The molecule has 0 saturated heterocycles. The first-order chi connectivity index (χ1) is 8.81. The van der Waals surface area contributed by atoms with Crippen LogP contribution < -0.4 is 10.1 Å². The zero-order valence-electron chi connectivity index (χ0n) is 10.3. The van der Waals surface area contributed by atoms with Crippen LogP contribution in [-0.4, -0.2) is 6.54 Å². The zero-order valence-corrected chi connectivity index (χ0v) is 11.1. The SMILES string of the molecule is CCNCc1c(Cl)cccc1Oc1ccccc1. The van der Waals surface area contributed by atoms with E-state index in [1.165, 1.54) is 0 Å². The van der Waals surface area contributed by atoms with E-state index >= 15 is 0 Å². The van der Waals surface area contributed by atoms with Crippen molar-refractivity contribution in [3.05, 3.63) is 59.1 Å². The van der Waals surface area contributed by atoms with Gasteiger partial charge in [-0.3, -0.25) is 0 Å². The molecule has 0 spiro atoms. The van der Waals surface area contributed by atoms with Crippen molar-refractivity contribution in [1.29, 1.82) is 0 Å². The molecule has 94 valence electrons. The van der Waals surface area contributed by atoms with Crippen molar-refractivity contribution in [2.75, 3.05) is 6.54 Å². The molecule has 0 aliphatic carbocycles. The van der Waals surface area contributed by atoms with Crippen molar-refractivity contribution in [1.82, 2.24) is 5.32 Å². The lowest BCUT2D eigenvalue weighted by molar-refractivity contribution is 0.473. The van der Waals surface area contributed by atoms with E-state index in [1.54, 1.807) is 0 Å². The van der Waals surface area contributed by atoms with Gasteiger partial charge in [0.1, 0.15) is 11.5 Å². The van der Waals surface area contributed by atoms with E-state index in [9.17, 15) is 0 Å². The van der Waals surface area contributed by atoms with E-state index in [1.807, 2.05) is 48.5 Å². The molecular formula is C15H16ClNO. The highest BCUT2D eigenvalue weighted by Gasteiger charge is 2.08. The van der Waals surface area contributed by atoms with Crippen LogP contribution in [-0.2, 0) is 6.54 Å². The van der Waals surface area contributed by atoms with Gasteiger partial charge in [0.25, 0.3) is 0 Å². The average molecular weight is 262 g/mol. The van der Waals surface area contributed by atoms with Gasteiger partial charge in [-0.1, -0.05) is 42.8 Å². The topological polar surface area (TPSA) is 21.3 Å². The number of hydrogen-bond donors (Lipinski definition) is 1. The van der Waals surface area contributed by atoms with Crippen LogP contribution in [0, 0.1) is 0 Å². The van der Waals surface area contributed by atoms with Gasteiger partial charge >= 0.3 is 0 Å². The molecule has 2 aromatic carbocycles. The third-order valence-corrected chi connectivity index (χ3v) is 2.95. The molecule has 2 rings (SSSR count). The van der Waals surface area contributed by atoms with Crippen molar-refractivity contribution in [2.24, 2.45) is 0 Å². The molecule has 0 bridgehead atoms. The van der Waals surface area contributed by atoms with E-state index in [2.05, 4.69) is 12.2 Å². The van der Waals surface area contributed by atoms with Crippen LogP contribution in [0.5, 0.6) is 11.5 Å². The summed E-state index contributed by atoms with van der Waals surface area (Å²) in [4.78, 5) is 0. The molecule has 0 aliphatic heterocycles. The summed E-state index contributed by atoms with van der Waals surface area (Å²) >= 11 is 6.21. The van der Waals surface area contributed by atoms with Crippen molar-refractivity contribution in [3.63, 3.8) is 0 Å². The normalized spacial score (nSPS) is 10.3. The molecule has 0 aliphatic rings. The number of nitrogens with one attached hydrogen (secondary N) is 1. The maximum absolute atomic E-state index is 6.21. The molecule has 2 nitrogen and oxygen atoms in total. The van der Waals surface area contributed by atoms with E-state index in [0.717, 1.165) is 28.6 Å². The highest BCUT2D eigenvalue weighted by atomic mass is 35.5. The average Bonchev–Trinajstić information content (AvgIpc) is 2.39. The first-order valence-electron chi connectivity index (χ1n) is 6.02. The lowest BCUT2D eigenvalue weighted by Crippen LogP contribution is -2.12. The highest BCUT2D eigenvalue weighted by Crippen LogP contribution is 2.30. The van der Waals surface area contributed by atoms with Crippen molar-refractivity contribution < 1.29 is 4.74 Å². The minimum atomic E-state index is 0.707. The summed E-state index contributed by atoms with van der Waals surface area (Å²) in [6.07, 6.45) is 0. The summed E-state index contributed by atoms with van der Waals surface area (Å²) in [7, 11) is 0. The molecular weight excluding hydrogens is 246 g/mol. The molecule has 0 heterocycles. The van der Waals surface area contributed by atoms with Gasteiger partial charge in [-0.25, -0.2) is 0 Å². The van der Waals surface area contributed by atoms with Crippen LogP contribution in [0.15, 0.2) is 48.5 Å². The van der Waals surface area contributed by atoms with E-state index in [4.69, 9.17) is 16.3 Å². The number of rotatable bonds is 5. The number of halogens is 1. The summed E-state index contributed by atoms with van der Waals surface area (Å²) in [6.45, 7) is 3.67. The third-order valence-electron chi connectivity index (χ3n) is 2.60. The van der Waals surface area contributed by atoms with E-state index in [0.29, 0.717) is 6.54 Å². The minimum absolute atomic E-state index is 0.707. The fourth-order valence-corrected chi connectivity index (χ4v) is 1.90. The molecule has 0 atom stereocenters. The molecule has 0 unspecified atom stereocenters. The highest BCUT2D eigenvalue weighted by molar-refractivity contribution is 6.31. The number of hydrogen-bond acceptors (Lipinski definition) is 2. The predicted octanol–water partition coefficient (Wildman–Crippen LogP) is 4.24. The molecule has 0 radical (unpaired) electrons. The second-order valence-electron chi connectivity index (χ2n) is 3.91. The Morgan fingerprint density at radius 1 is 1.06 bits per heavy atom. The van der Waals surface area contributed by atoms with Gasteiger partial charge in [0.05, 0.1) is 0 Å². The Hall–Kier alpha value is -1.51. The maximum atomic E-state index is 6.21. The van der Waals surface area contributed by atoms with Gasteiger partial charge in [-0.15, -0.1) is 0 Å². The molecule has 0 amide bonds. The Morgan fingerprint density at radius 2 is 1.83 bits per heavy atom. The van der Waals surface area contributed by atoms with Crippen LogP contribution in [0.4, 0.5) is 0 Å². The van der Waals surface area contributed by atoms with Gasteiger partial charge < -0.3 is 10.1 Å². The smallest absolute Gasteiger partial charge is 0.133 e.